The maximum absolute atomic E-state index is 12.0. The fraction of sp³-hybridized carbons (Fsp3) is 0.357. The van der Waals surface area contributed by atoms with E-state index in [2.05, 4.69) is 11.9 Å². The molecule has 0 aromatic heterocycles. The summed E-state index contributed by atoms with van der Waals surface area (Å²) >= 11 is 6.13. The highest BCUT2D eigenvalue weighted by molar-refractivity contribution is 6.32. The molecule has 5 nitrogen and oxygen atoms in total. The number of carbonyl (C=O) groups is 1. The number of ether oxygens (including phenoxy) is 3. The molecule has 0 amide bonds. The molecule has 1 N–H and O–H groups in total. The zero-order chi connectivity index (χ0) is 14.5. The zero-order valence-electron chi connectivity index (χ0n) is 11.1. The second kappa shape index (κ2) is 6.63. The van der Waals surface area contributed by atoms with E-state index in [0.717, 1.165) is 0 Å². The van der Waals surface area contributed by atoms with Gasteiger partial charge in [0.25, 0.3) is 0 Å². The average molecular weight is 298 g/mol. The highest BCUT2D eigenvalue weighted by Crippen LogP contribution is 2.41. The highest BCUT2D eigenvalue weighted by Gasteiger charge is 2.26. The van der Waals surface area contributed by atoms with Gasteiger partial charge in [-0.05, 0) is 24.6 Å². The first kappa shape index (κ1) is 14.7. The predicted octanol–water partition coefficient (Wildman–Crippen LogP) is 2.45. The largest absolute Gasteiger partial charge is 0.465 e. The number of rotatable bonds is 6. The molecule has 20 heavy (non-hydrogen) atoms. The molecule has 0 saturated heterocycles. The molecule has 1 unspecified atom stereocenters. The molecular formula is C14H16ClNO4. The highest BCUT2D eigenvalue weighted by atomic mass is 35.5. The van der Waals surface area contributed by atoms with Crippen LogP contribution in [0.25, 0.3) is 0 Å². The molecule has 1 aromatic rings. The lowest BCUT2D eigenvalue weighted by molar-refractivity contribution is -0.145. The van der Waals surface area contributed by atoms with Crippen LogP contribution in [0.2, 0.25) is 5.02 Å². The zero-order valence-corrected chi connectivity index (χ0v) is 11.9. The van der Waals surface area contributed by atoms with Crippen LogP contribution in [0.1, 0.15) is 18.5 Å². The smallest absolute Gasteiger partial charge is 0.327 e. The van der Waals surface area contributed by atoms with Gasteiger partial charge < -0.3 is 14.2 Å². The monoisotopic (exact) mass is 297 g/mol. The van der Waals surface area contributed by atoms with Crippen molar-refractivity contribution in [2.75, 3.05) is 19.9 Å². The van der Waals surface area contributed by atoms with Crippen molar-refractivity contribution in [1.29, 1.82) is 0 Å². The molecule has 0 fully saturated rings. The molecule has 0 aliphatic carbocycles. The second-order valence-electron chi connectivity index (χ2n) is 4.12. The fourth-order valence-corrected chi connectivity index (χ4v) is 2.19. The van der Waals surface area contributed by atoms with Gasteiger partial charge in [0.05, 0.1) is 11.6 Å². The minimum atomic E-state index is -0.625. The van der Waals surface area contributed by atoms with Crippen LogP contribution in [0.3, 0.4) is 0 Å². The Hall–Kier alpha value is -1.72. The van der Waals surface area contributed by atoms with Crippen LogP contribution >= 0.6 is 11.6 Å². The summed E-state index contributed by atoms with van der Waals surface area (Å²) in [5, 5.41) is 3.45. The van der Waals surface area contributed by atoms with Crippen molar-refractivity contribution in [2.24, 2.45) is 0 Å². The molecule has 0 spiro atoms. The van der Waals surface area contributed by atoms with E-state index in [-0.39, 0.29) is 12.8 Å². The van der Waals surface area contributed by atoms with Crippen molar-refractivity contribution in [1.82, 2.24) is 5.32 Å². The number of esters is 1. The molecule has 6 heteroatoms. The summed E-state index contributed by atoms with van der Waals surface area (Å²) in [4.78, 5) is 12.0. The van der Waals surface area contributed by atoms with Crippen LogP contribution in [-0.4, -0.2) is 25.9 Å². The summed E-state index contributed by atoms with van der Waals surface area (Å²) in [6.07, 6.45) is 1.67. The van der Waals surface area contributed by atoms with Gasteiger partial charge in [0.2, 0.25) is 6.79 Å². The Labute approximate surface area is 122 Å². The maximum Gasteiger partial charge on any atom is 0.327 e. The van der Waals surface area contributed by atoms with Crippen molar-refractivity contribution in [3.05, 3.63) is 35.4 Å². The molecule has 1 aromatic carbocycles. The quantitative estimate of drug-likeness (QED) is 0.645. The maximum atomic E-state index is 12.0. The number of fused-ring (bicyclic) bond motifs is 1. The van der Waals surface area contributed by atoms with Crippen molar-refractivity contribution in [3.8, 4) is 11.5 Å². The summed E-state index contributed by atoms with van der Waals surface area (Å²) in [6.45, 7) is 6.29. The number of benzene rings is 1. The number of carbonyl (C=O) groups excluding carboxylic acids is 1. The predicted molar refractivity (Wildman–Crippen MR) is 75.1 cm³/mol. The lowest BCUT2D eigenvalue weighted by Crippen LogP contribution is -2.30. The van der Waals surface area contributed by atoms with Gasteiger partial charge in [-0.15, -0.1) is 6.58 Å². The van der Waals surface area contributed by atoms with Gasteiger partial charge >= 0.3 is 5.97 Å². The van der Waals surface area contributed by atoms with Crippen LogP contribution in [0.5, 0.6) is 11.5 Å². The Morgan fingerprint density at radius 2 is 2.40 bits per heavy atom. The van der Waals surface area contributed by atoms with Gasteiger partial charge in [0, 0.05) is 6.54 Å². The Balaban J connectivity index is 2.30. The summed E-state index contributed by atoms with van der Waals surface area (Å²) in [7, 11) is 0. The molecule has 1 aliphatic rings. The molecule has 0 bridgehead atoms. The molecule has 1 aliphatic heterocycles. The lowest BCUT2D eigenvalue weighted by atomic mass is 10.1. The van der Waals surface area contributed by atoms with Crippen LogP contribution in [-0.2, 0) is 9.53 Å². The van der Waals surface area contributed by atoms with E-state index in [1.807, 2.05) is 0 Å². The van der Waals surface area contributed by atoms with Crippen LogP contribution in [0, 0.1) is 0 Å². The number of halogens is 1. The first-order valence-electron chi connectivity index (χ1n) is 6.27. The Kier molecular flexibility index (Phi) is 4.87. The first-order chi connectivity index (χ1) is 9.67. The Morgan fingerprint density at radius 1 is 1.60 bits per heavy atom. The number of nitrogens with one attached hydrogen (secondary N) is 1. The summed E-state index contributed by atoms with van der Waals surface area (Å²) in [6, 6.07) is 2.78. The molecule has 1 atom stereocenters. The molecule has 2 rings (SSSR count). The molecular weight excluding hydrogens is 282 g/mol. The molecule has 0 saturated carbocycles. The van der Waals surface area contributed by atoms with Gasteiger partial charge in [-0.1, -0.05) is 17.7 Å². The van der Waals surface area contributed by atoms with E-state index < -0.39 is 6.04 Å². The minimum Gasteiger partial charge on any atom is -0.465 e. The number of hydrogen-bond acceptors (Lipinski definition) is 5. The summed E-state index contributed by atoms with van der Waals surface area (Å²) < 4.78 is 15.6. The van der Waals surface area contributed by atoms with Gasteiger partial charge in [-0.3, -0.25) is 5.32 Å². The average Bonchev–Trinajstić information content (AvgIpc) is 2.88. The van der Waals surface area contributed by atoms with Crippen molar-refractivity contribution in [2.45, 2.75) is 13.0 Å². The Morgan fingerprint density at radius 3 is 3.10 bits per heavy atom. The van der Waals surface area contributed by atoms with Crippen LogP contribution < -0.4 is 14.8 Å². The second-order valence-corrected chi connectivity index (χ2v) is 4.53. The van der Waals surface area contributed by atoms with Gasteiger partial charge in [0.15, 0.2) is 11.5 Å². The summed E-state index contributed by atoms with van der Waals surface area (Å²) in [5.41, 5.74) is 0.666. The molecule has 108 valence electrons. The lowest BCUT2D eigenvalue weighted by Gasteiger charge is -2.17. The van der Waals surface area contributed by atoms with E-state index in [0.29, 0.717) is 35.2 Å². The minimum absolute atomic E-state index is 0.128. The standard InChI is InChI=1S/C14H16ClNO4/c1-3-5-16-12(14(17)18-4-2)9-6-10(15)13-11(7-9)19-8-20-13/h3,6-7,12,16H,1,4-5,8H2,2H3. The fourth-order valence-electron chi connectivity index (χ4n) is 1.92. The first-order valence-corrected chi connectivity index (χ1v) is 6.65. The SMILES string of the molecule is C=CCNC(C(=O)OCC)c1cc(Cl)c2c(c1)OCO2. The normalized spacial score (nSPS) is 13.9. The topological polar surface area (TPSA) is 56.8 Å². The van der Waals surface area contributed by atoms with E-state index in [1.165, 1.54) is 0 Å². The third kappa shape index (κ3) is 3.05. The third-order valence-corrected chi connectivity index (χ3v) is 3.05. The van der Waals surface area contributed by atoms with E-state index >= 15 is 0 Å². The number of hydrogen-bond donors (Lipinski definition) is 1. The van der Waals surface area contributed by atoms with Gasteiger partial charge in [-0.2, -0.15) is 0 Å². The van der Waals surface area contributed by atoms with Crippen molar-refractivity contribution >= 4 is 17.6 Å². The molecule has 1 heterocycles. The van der Waals surface area contributed by atoms with Crippen LogP contribution in [0.15, 0.2) is 24.8 Å². The third-order valence-electron chi connectivity index (χ3n) is 2.77. The van der Waals surface area contributed by atoms with Crippen LogP contribution in [0.4, 0.5) is 0 Å². The van der Waals surface area contributed by atoms with Gasteiger partial charge in [-0.25, -0.2) is 4.79 Å². The van der Waals surface area contributed by atoms with E-state index in [4.69, 9.17) is 25.8 Å². The van der Waals surface area contributed by atoms with E-state index in [1.54, 1.807) is 25.1 Å². The van der Waals surface area contributed by atoms with Gasteiger partial charge in [0.1, 0.15) is 6.04 Å². The van der Waals surface area contributed by atoms with Crippen molar-refractivity contribution in [3.63, 3.8) is 0 Å². The van der Waals surface area contributed by atoms with E-state index in [9.17, 15) is 4.79 Å². The Bertz CT molecular complexity index is 518. The summed E-state index contributed by atoms with van der Waals surface area (Å²) in [5.74, 6) is 0.660. The molecule has 0 radical (unpaired) electrons. The van der Waals surface area contributed by atoms with Crippen molar-refractivity contribution < 1.29 is 19.0 Å².